The number of carbonyl (C=O) groups is 2. The Kier molecular flexibility index (Phi) is 6.27. The maximum atomic E-state index is 12.5. The number of furan rings is 1. The molecule has 5 heteroatoms. The Hall–Kier alpha value is -3.34. The fourth-order valence-electron chi connectivity index (χ4n) is 2.89. The number of esters is 1. The standard InChI is InChI=1S/C23H23NO4/c1-3-27-22(25)13-10-17-7-5-9-19(15-17)24-23(26)21-12-11-20(28-21)18-8-4-6-16(2)14-18/h4-9,11-12,14-15H,3,10,13H2,1-2H3,(H,24,26). The Bertz CT molecular complexity index is 974. The molecule has 1 amide bonds. The number of amides is 1. The molecule has 1 aromatic heterocycles. The molecule has 0 aliphatic rings. The summed E-state index contributed by atoms with van der Waals surface area (Å²) in [5.74, 6) is 0.350. The van der Waals surface area contributed by atoms with E-state index in [1.807, 2.05) is 49.4 Å². The van der Waals surface area contributed by atoms with Gasteiger partial charge in [0.2, 0.25) is 0 Å². The van der Waals surface area contributed by atoms with Gasteiger partial charge in [-0.1, -0.05) is 35.9 Å². The predicted molar refractivity (Wildman–Crippen MR) is 108 cm³/mol. The summed E-state index contributed by atoms with van der Waals surface area (Å²) in [6.07, 6.45) is 0.865. The summed E-state index contributed by atoms with van der Waals surface area (Å²) in [6.45, 7) is 4.17. The first-order valence-corrected chi connectivity index (χ1v) is 9.28. The van der Waals surface area contributed by atoms with Gasteiger partial charge in [0.15, 0.2) is 5.76 Å². The Balaban J connectivity index is 1.65. The lowest BCUT2D eigenvalue weighted by atomic mass is 10.1. The Labute approximate surface area is 164 Å². The van der Waals surface area contributed by atoms with E-state index in [0.717, 1.165) is 16.7 Å². The molecule has 144 valence electrons. The lowest BCUT2D eigenvalue weighted by molar-refractivity contribution is -0.143. The zero-order valence-electron chi connectivity index (χ0n) is 16.0. The molecule has 0 aliphatic heterocycles. The van der Waals surface area contributed by atoms with E-state index in [9.17, 15) is 9.59 Å². The molecule has 0 fully saturated rings. The van der Waals surface area contributed by atoms with Crippen molar-refractivity contribution >= 4 is 17.6 Å². The minimum absolute atomic E-state index is 0.226. The van der Waals surface area contributed by atoms with E-state index in [-0.39, 0.29) is 17.6 Å². The fourth-order valence-corrected chi connectivity index (χ4v) is 2.89. The molecule has 5 nitrogen and oxygen atoms in total. The lowest BCUT2D eigenvalue weighted by Crippen LogP contribution is -2.11. The van der Waals surface area contributed by atoms with Crippen LogP contribution in [-0.2, 0) is 16.0 Å². The molecule has 3 rings (SSSR count). The first-order chi connectivity index (χ1) is 13.5. The molecule has 1 N–H and O–H groups in total. The highest BCUT2D eigenvalue weighted by Gasteiger charge is 2.13. The lowest BCUT2D eigenvalue weighted by Gasteiger charge is -2.07. The second kappa shape index (κ2) is 9.04. The first kappa shape index (κ1) is 19.4. The number of anilines is 1. The summed E-state index contributed by atoms with van der Waals surface area (Å²) >= 11 is 0. The second-order valence-corrected chi connectivity index (χ2v) is 6.49. The largest absolute Gasteiger partial charge is 0.466 e. The van der Waals surface area contributed by atoms with Crippen molar-refractivity contribution in [2.75, 3.05) is 11.9 Å². The van der Waals surface area contributed by atoms with Crippen molar-refractivity contribution in [3.05, 3.63) is 77.6 Å². The van der Waals surface area contributed by atoms with E-state index < -0.39 is 0 Å². The number of aryl methyl sites for hydroxylation is 2. The molecule has 0 spiro atoms. The van der Waals surface area contributed by atoms with Crippen LogP contribution in [-0.4, -0.2) is 18.5 Å². The number of ether oxygens (including phenoxy) is 1. The minimum atomic E-state index is -0.318. The fraction of sp³-hybridized carbons (Fsp3) is 0.217. The number of benzene rings is 2. The molecule has 0 saturated heterocycles. The van der Waals surface area contributed by atoms with Crippen molar-refractivity contribution in [1.82, 2.24) is 0 Å². The zero-order valence-corrected chi connectivity index (χ0v) is 16.0. The van der Waals surface area contributed by atoms with E-state index in [1.54, 1.807) is 25.1 Å². The average Bonchev–Trinajstić information content (AvgIpc) is 3.17. The van der Waals surface area contributed by atoms with Crippen molar-refractivity contribution in [2.24, 2.45) is 0 Å². The van der Waals surface area contributed by atoms with Gasteiger partial charge < -0.3 is 14.5 Å². The van der Waals surface area contributed by atoms with E-state index >= 15 is 0 Å². The molecule has 0 radical (unpaired) electrons. The van der Waals surface area contributed by atoms with Crippen LogP contribution in [0.5, 0.6) is 0 Å². The molecule has 3 aromatic rings. The quantitative estimate of drug-likeness (QED) is 0.588. The summed E-state index contributed by atoms with van der Waals surface area (Å²) in [5, 5.41) is 2.84. The monoisotopic (exact) mass is 377 g/mol. The van der Waals surface area contributed by atoms with Gasteiger partial charge in [0, 0.05) is 17.7 Å². The third-order valence-electron chi connectivity index (χ3n) is 4.24. The van der Waals surface area contributed by atoms with Crippen molar-refractivity contribution < 1.29 is 18.7 Å². The maximum Gasteiger partial charge on any atom is 0.306 e. The number of nitrogens with one attached hydrogen (secondary N) is 1. The molecule has 0 unspecified atom stereocenters. The highest BCUT2D eigenvalue weighted by Crippen LogP contribution is 2.23. The van der Waals surface area contributed by atoms with Crippen molar-refractivity contribution in [1.29, 1.82) is 0 Å². The summed E-state index contributed by atoms with van der Waals surface area (Å²) in [4.78, 5) is 24.0. The molecular formula is C23H23NO4. The Morgan fingerprint density at radius 1 is 1.04 bits per heavy atom. The average molecular weight is 377 g/mol. The highest BCUT2D eigenvalue weighted by molar-refractivity contribution is 6.02. The highest BCUT2D eigenvalue weighted by atomic mass is 16.5. The minimum Gasteiger partial charge on any atom is -0.466 e. The van der Waals surface area contributed by atoms with E-state index in [4.69, 9.17) is 9.15 Å². The van der Waals surface area contributed by atoms with Crippen LogP contribution >= 0.6 is 0 Å². The summed E-state index contributed by atoms with van der Waals surface area (Å²) < 4.78 is 10.7. The third kappa shape index (κ3) is 5.10. The topological polar surface area (TPSA) is 68.5 Å². The molecule has 0 aliphatic carbocycles. The second-order valence-electron chi connectivity index (χ2n) is 6.49. The summed E-state index contributed by atoms with van der Waals surface area (Å²) in [5.41, 5.74) is 3.66. The molecular weight excluding hydrogens is 354 g/mol. The van der Waals surface area contributed by atoms with Crippen LogP contribution in [0.1, 0.15) is 35.0 Å². The molecule has 1 heterocycles. The van der Waals surface area contributed by atoms with Gasteiger partial charge in [-0.15, -0.1) is 0 Å². The summed E-state index contributed by atoms with van der Waals surface area (Å²) in [6, 6.07) is 18.8. The third-order valence-corrected chi connectivity index (χ3v) is 4.24. The molecule has 28 heavy (non-hydrogen) atoms. The Morgan fingerprint density at radius 3 is 2.64 bits per heavy atom. The number of rotatable bonds is 7. The first-order valence-electron chi connectivity index (χ1n) is 9.28. The molecule has 0 bridgehead atoms. The van der Waals surface area contributed by atoms with Crippen LogP contribution in [0.2, 0.25) is 0 Å². The van der Waals surface area contributed by atoms with Crippen LogP contribution in [0.25, 0.3) is 11.3 Å². The van der Waals surface area contributed by atoms with Gasteiger partial charge in [-0.25, -0.2) is 0 Å². The van der Waals surface area contributed by atoms with Crippen LogP contribution in [0, 0.1) is 6.92 Å². The van der Waals surface area contributed by atoms with Gasteiger partial charge in [0.25, 0.3) is 5.91 Å². The molecule has 2 aromatic carbocycles. The van der Waals surface area contributed by atoms with Crippen molar-refractivity contribution in [2.45, 2.75) is 26.7 Å². The summed E-state index contributed by atoms with van der Waals surface area (Å²) in [7, 11) is 0. The van der Waals surface area contributed by atoms with Gasteiger partial charge in [-0.3, -0.25) is 9.59 Å². The van der Waals surface area contributed by atoms with Crippen molar-refractivity contribution in [3.8, 4) is 11.3 Å². The normalized spacial score (nSPS) is 10.5. The molecule has 0 atom stereocenters. The number of hydrogen-bond donors (Lipinski definition) is 1. The van der Waals surface area contributed by atoms with Crippen LogP contribution in [0.15, 0.2) is 65.1 Å². The van der Waals surface area contributed by atoms with Gasteiger partial charge in [-0.05, 0) is 56.2 Å². The van der Waals surface area contributed by atoms with Gasteiger partial charge in [-0.2, -0.15) is 0 Å². The number of hydrogen-bond acceptors (Lipinski definition) is 4. The molecule has 0 saturated carbocycles. The van der Waals surface area contributed by atoms with Crippen LogP contribution < -0.4 is 5.32 Å². The van der Waals surface area contributed by atoms with Crippen LogP contribution in [0.4, 0.5) is 5.69 Å². The predicted octanol–water partition coefficient (Wildman–Crippen LogP) is 5.00. The SMILES string of the molecule is CCOC(=O)CCc1cccc(NC(=O)c2ccc(-c3cccc(C)c3)o2)c1. The number of carbonyl (C=O) groups excluding carboxylic acids is 2. The van der Waals surface area contributed by atoms with Gasteiger partial charge >= 0.3 is 5.97 Å². The van der Waals surface area contributed by atoms with Crippen molar-refractivity contribution in [3.63, 3.8) is 0 Å². The smallest absolute Gasteiger partial charge is 0.306 e. The Morgan fingerprint density at radius 2 is 1.86 bits per heavy atom. The van der Waals surface area contributed by atoms with Gasteiger partial charge in [0.1, 0.15) is 5.76 Å². The maximum absolute atomic E-state index is 12.5. The van der Waals surface area contributed by atoms with E-state index in [0.29, 0.717) is 30.9 Å². The van der Waals surface area contributed by atoms with E-state index in [2.05, 4.69) is 5.32 Å². The van der Waals surface area contributed by atoms with E-state index in [1.165, 1.54) is 0 Å². The van der Waals surface area contributed by atoms with Crippen LogP contribution in [0.3, 0.4) is 0 Å². The van der Waals surface area contributed by atoms with Gasteiger partial charge in [0.05, 0.1) is 6.61 Å². The zero-order chi connectivity index (χ0) is 19.9.